The number of halogens is 1. The molecule has 1 unspecified atom stereocenters. The van der Waals surface area contributed by atoms with Crippen LogP contribution in [0.1, 0.15) is 86.6 Å². The van der Waals surface area contributed by atoms with Crippen molar-refractivity contribution in [3.8, 4) is 0 Å². The lowest BCUT2D eigenvalue weighted by molar-refractivity contribution is 0.0101. The second kappa shape index (κ2) is 15.9. The third-order valence-corrected chi connectivity index (χ3v) is 7.33. The van der Waals surface area contributed by atoms with E-state index >= 15 is 0 Å². The second-order valence-electron chi connectivity index (χ2n) is 11.5. The van der Waals surface area contributed by atoms with Crippen LogP contribution in [0.4, 0.5) is 4.79 Å². The smallest absolute Gasteiger partial charge is 0.410 e. The summed E-state index contributed by atoms with van der Waals surface area (Å²) < 4.78 is 5.57. The summed E-state index contributed by atoms with van der Waals surface area (Å²) in [5, 5.41) is 0.839. The van der Waals surface area contributed by atoms with Crippen molar-refractivity contribution in [1.82, 2.24) is 9.80 Å². The zero-order valence-electron chi connectivity index (χ0n) is 26.0. The van der Waals surface area contributed by atoms with Crippen LogP contribution in [-0.4, -0.2) is 52.9 Å². The molecule has 1 aromatic carbocycles. The van der Waals surface area contributed by atoms with Crippen LogP contribution in [0.3, 0.4) is 0 Å². The van der Waals surface area contributed by atoms with Crippen LogP contribution < -0.4 is 0 Å². The highest BCUT2D eigenvalue weighted by Gasteiger charge is 2.31. The van der Waals surface area contributed by atoms with Crippen molar-refractivity contribution in [2.45, 2.75) is 99.1 Å². The maximum absolute atomic E-state index is 12.5. The van der Waals surface area contributed by atoms with Crippen molar-refractivity contribution in [3.05, 3.63) is 82.2 Å². The van der Waals surface area contributed by atoms with Gasteiger partial charge in [-0.05, 0) is 103 Å². The van der Waals surface area contributed by atoms with E-state index in [0.29, 0.717) is 13.1 Å². The summed E-state index contributed by atoms with van der Waals surface area (Å²) >= 11 is 5.78. The van der Waals surface area contributed by atoms with Crippen molar-refractivity contribution in [1.29, 1.82) is 0 Å². The number of benzene rings is 1. The second-order valence-corrected chi connectivity index (χ2v) is 12.0. The van der Waals surface area contributed by atoms with E-state index in [1.165, 1.54) is 40.8 Å². The van der Waals surface area contributed by atoms with Crippen molar-refractivity contribution in [3.63, 3.8) is 0 Å². The molecule has 1 saturated heterocycles. The van der Waals surface area contributed by atoms with Crippen LogP contribution in [0.5, 0.6) is 0 Å². The first-order valence-corrected chi connectivity index (χ1v) is 15.0. The van der Waals surface area contributed by atoms with Crippen LogP contribution >= 0.6 is 11.6 Å². The molecule has 40 heavy (non-hydrogen) atoms. The standard InChI is InChI=1S/C25H39N3O2.C9H11Cl/c1-9-22(21-13-11-12-14-21)23(19(4)26-10-2)20(5)28-16-15-27(17-18(28)3)24(29)30-25(6,7)8;1-2-4-8-5-3-6-9(10)7-8/h9-10,13,18H,2,11-12,14-17H2,1,3-8H3;3,5-7H,2,4H2,1H3/b22-9-,23-20-,26-19?;. The molecule has 1 aliphatic carbocycles. The van der Waals surface area contributed by atoms with Crippen LogP contribution in [0.15, 0.2) is 76.6 Å². The molecule has 3 rings (SSSR count). The van der Waals surface area contributed by atoms with Gasteiger partial charge in [0.25, 0.3) is 0 Å². The normalized spacial score (nSPS) is 18.9. The molecule has 0 saturated carbocycles. The minimum atomic E-state index is -0.478. The first kappa shape index (κ1) is 33.4. The molecule has 0 N–H and O–H groups in total. The van der Waals surface area contributed by atoms with Crippen molar-refractivity contribution < 1.29 is 9.53 Å². The molecule has 1 amide bonds. The van der Waals surface area contributed by atoms with Gasteiger partial charge in [-0.15, -0.1) is 0 Å². The highest BCUT2D eigenvalue weighted by molar-refractivity contribution is 6.30. The van der Waals surface area contributed by atoms with E-state index < -0.39 is 5.60 Å². The molecule has 0 bridgehead atoms. The van der Waals surface area contributed by atoms with Crippen molar-refractivity contribution >= 4 is 23.4 Å². The van der Waals surface area contributed by atoms with Crippen molar-refractivity contribution in [2.24, 2.45) is 4.99 Å². The lowest BCUT2D eigenvalue weighted by Gasteiger charge is -2.42. The van der Waals surface area contributed by atoms with E-state index in [1.807, 2.05) is 43.9 Å². The SMILES string of the molecule is C=CN=C(C)C(/C(=C\C)C1=CCCC1)=C(\C)N1CCN(C(=O)OC(C)(C)C)CC1C.CCCc1cccc(Cl)c1. The van der Waals surface area contributed by atoms with Gasteiger partial charge in [0, 0.05) is 53.9 Å². The maximum Gasteiger partial charge on any atom is 0.410 e. The summed E-state index contributed by atoms with van der Waals surface area (Å²) in [7, 11) is 0. The summed E-state index contributed by atoms with van der Waals surface area (Å²) in [6.45, 7) is 22.2. The molecule has 2 aliphatic rings. The Morgan fingerprint density at radius 1 is 1.25 bits per heavy atom. The van der Waals surface area contributed by atoms with Gasteiger partial charge in [0.1, 0.15) is 5.60 Å². The molecule has 1 aliphatic heterocycles. The number of aliphatic imine (C=N–C) groups is 1. The summed E-state index contributed by atoms with van der Waals surface area (Å²) in [5.74, 6) is 0. The van der Waals surface area contributed by atoms with Gasteiger partial charge in [-0.3, -0.25) is 4.99 Å². The molecule has 1 heterocycles. The number of allylic oxidation sites excluding steroid dienone is 6. The predicted molar refractivity (Wildman–Crippen MR) is 171 cm³/mol. The first-order valence-electron chi connectivity index (χ1n) is 14.6. The number of carbonyl (C=O) groups excluding carboxylic acids is 1. The number of hydrogen-bond acceptors (Lipinski definition) is 4. The largest absolute Gasteiger partial charge is 0.444 e. The molecular weight excluding hydrogens is 518 g/mol. The van der Waals surface area contributed by atoms with E-state index in [2.05, 4.69) is 69.3 Å². The summed E-state index contributed by atoms with van der Waals surface area (Å²) in [6.07, 6.45) is 11.7. The summed E-state index contributed by atoms with van der Waals surface area (Å²) in [5.41, 5.74) is 6.90. The monoisotopic (exact) mass is 567 g/mol. The van der Waals surface area contributed by atoms with Crippen LogP contribution in [0.25, 0.3) is 0 Å². The molecule has 220 valence electrons. The predicted octanol–water partition coefficient (Wildman–Crippen LogP) is 9.16. The fourth-order valence-corrected chi connectivity index (χ4v) is 5.54. The number of amides is 1. The Kier molecular flexibility index (Phi) is 13.2. The third-order valence-electron chi connectivity index (χ3n) is 7.09. The fourth-order valence-electron chi connectivity index (χ4n) is 5.33. The molecule has 5 nitrogen and oxygen atoms in total. The Morgan fingerprint density at radius 3 is 2.50 bits per heavy atom. The van der Waals surface area contributed by atoms with Gasteiger partial charge in [-0.25, -0.2) is 4.79 Å². The van der Waals surface area contributed by atoms with Gasteiger partial charge >= 0.3 is 6.09 Å². The zero-order valence-corrected chi connectivity index (χ0v) is 26.8. The van der Waals surface area contributed by atoms with Gasteiger partial charge < -0.3 is 14.5 Å². The van der Waals surface area contributed by atoms with Gasteiger partial charge in [0.15, 0.2) is 0 Å². The van der Waals surface area contributed by atoms with Gasteiger partial charge in [-0.2, -0.15) is 0 Å². The number of ether oxygens (including phenoxy) is 1. The quantitative estimate of drug-likeness (QED) is 0.244. The van der Waals surface area contributed by atoms with E-state index in [0.717, 1.165) is 36.5 Å². The van der Waals surface area contributed by atoms with E-state index in [4.69, 9.17) is 16.3 Å². The summed E-state index contributed by atoms with van der Waals surface area (Å²) in [6, 6.07) is 8.21. The van der Waals surface area contributed by atoms with Gasteiger partial charge in [0.2, 0.25) is 0 Å². The van der Waals surface area contributed by atoms with Crippen LogP contribution in [0.2, 0.25) is 5.02 Å². The van der Waals surface area contributed by atoms with Gasteiger partial charge in [-0.1, -0.05) is 55.8 Å². The number of carbonyl (C=O) groups is 1. The fraction of sp³-hybridized carbons (Fsp3) is 0.529. The molecule has 1 aromatic rings. The molecule has 1 atom stereocenters. The average Bonchev–Trinajstić information content (AvgIpc) is 3.41. The minimum absolute atomic E-state index is 0.188. The lowest BCUT2D eigenvalue weighted by atomic mass is 9.91. The van der Waals surface area contributed by atoms with E-state index in [-0.39, 0.29) is 12.1 Å². The minimum Gasteiger partial charge on any atom is -0.444 e. The Labute approximate surface area is 248 Å². The highest BCUT2D eigenvalue weighted by Crippen LogP contribution is 2.33. The number of hydrogen-bond donors (Lipinski definition) is 0. The summed E-state index contributed by atoms with van der Waals surface area (Å²) in [4.78, 5) is 21.3. The highest BCUT2D eigenvalue weighted by atomic mass is 35.5. The van der Waals surface area contributed by atoms with Crippen molar-refractivity contribution in [2.75, 3.05) is 19.6 Å². The van der Waals surface area contributed by atoms with E-state index in [1.54, 1.807) is 6.20 Å². The molecule has 0 spiro atoms. The Balaban J connectivity index is 0.000000469. The van der Waals surface area contributed by atoms with Crippen LogP contribution in [-0.2, 0) is 11.2 Å². The number of nitrogens with zero attached hydrogens (tertiary/aromatic N) is 3. The Hall–Kier alpha value is -2.79. The first-order chi connectivity index (χ1) is 18.9. The number of aryl methyl sites for hydroxylation is 1. The molecule has 0 radical (unpaired) electrons. The molecule has 6 heteroatoms. The van der Waals surface area contributed by atoms with E-state index in [9.17, 15) is 4.79 Å². The third kappa shape index (κ3) is 9.99. The Bertz CT molecular complexity index is 1140. The number of piperazine rings is 1. The molecular formula is C34H50ClN3O2. The lowest BCUT2D eigenvalue weighted by Crippen LogP contribution is -2.54. The topological polar surface area (TPSA) is 45.1 Å². The van der Waals surface area contributed by atoms with Gasteiger partial charge in [0.05, 0.1) is 0 Å². The zero-order chi connectivity index (χ0) is 29.9. The average molecular weight is 568 g/mol. The molecule has 1 fully saturated rings. The van der Waals surface area contributed by atoms with Crippen LogP contribution in [0, 0.1) is 0 Å². The Morgan fingerprint density at radius 2 is 1.98 bits per heavy atom. The molecule has 0 aromatic heterocycles. The maximum atomic E-state index is 12.5. The number of rotatable bonds is 7.